The number of nitrogens with zero attached hydrogens (tertiary/aromatic N) is 6. The lowest BCUT2D eigenvalue weighted by atomic mass is 9.97. The van der Waals surface area contributed by atoms with Crippen LogP contribution in [-0.2, 0) is 19.9 Å². The molecule has 2 aliphatic rings. The molecule has 5 rings (SSSR count). The molecule has 3 aromatic rings. The minimum atomic E-state index is 0.0835. The fourth-order valence-electron chi connectivity index (χ4n) is 4.26. The highest BCUT2D eigenvalue weighted by molar-refractivity contribution is 8.03. The Morgan fingerprint density at radius 3 is 2.81 bits per heavy atom. The second-order valence-electron chi connectivity index (χ2n) is 8.00. The predicted molar refractivity (Wildman–Crippen MR) is 123 cm³/mol. The van der Waals surface area contributed by atoms with Gasteiger partial charge < -0.3 is 19.5 Å². The number of rotatable bonds is 5. The number of thioether (sulfide) groups is 1. The average Bonchev–Trinajstić information content (AvgIpc) is 3.46. The highest BCUT2D eigenvalue weighted by Crippen LogP contribution is 2.38. The number of nitrogens with one attached hydrogen (secondary N) is 1. The van der Waals surface area contributed by atoms with Gasteiger partial charge in [-0.05, 0) is 44.7 Å². The van der Waals surface area contributed by atoms with E-state index in [1.54, 1.807) is 25.2 Å². The number of aromatic nitrogens is 5. The van der Waals surface area contributed by atoms with Gasteiger partial charge in [0.1, 0.15) is 11.5 Å². The van der Waals surface area contributed by atoms with Gasteiger partial charge in [0.2, 0.25) is 5.88 Å². The predicted octanol–water partition coefficient (Wildman–Crippen LogP) is 3.57. The SMILES string of the molecule is COc1nc(C2=CSC(Nc3c4c(nn3C)CCCC4)N2C)ccc1-n1cnc(C)c1. The summed E-state index contributed by atoms with van der Waals surface area (Å²) in [5.74, 6) is 1.70. The van der Waals surface area contributed by atoms with E-state index in [4.69, 9.17) is 14.8 Å². The van der Waals surface area contributed by atoms with Gasteiger partial charge in [-0.2, -0.15) is 5.10 Å². The van der Waals surface area contributed by atoms with Crippen LogP contribution < -0.4 is 10.1 Å². The summed E-state index contributed by atoms with van der Waals surface area (Å²) in [6, 6.07) is 4.06. The van der Waals surface area contributed by atoms with Gasteiger partial charge in [-0.15, -0.1) is 0 Å². The zero-order valence-corrected chi connectivity index (χ0v) is 19.1. The van der Waals surface area contributed by atoms with Gasteiger partial charge >= 0.3 is 0 Å². The Kier molecular flexibility index (Phi) is 5.13. The summed E-state index contributed by atoms with van der Waals surface area (Å²) in [6.07, 6.45) is 8.38. The molecule has 3 aromatic heterocycles. The van der Waals surface area contributed by atoms with Crippen LogP contribution in [0.25, 0.3) is 11.4 Å². The van der Waals surface area contributed by atoms with Gasteiger partial charge in [0.25, 0.3) is 0 Å². The van der Waals surface area contributed by atoms with Crippen molar-refractivity contribution in [1.29, 1.82) is 0 Å². The normalized spacial score (nSPS) is 18.1. The highest BCUT2D eigenvalue weighted by Gasteiger charge is 2.29. The zero-order valence-electron chi connectivity index (χ0n) is 18.3. The Morgan fingerprint density at radius 1 is 1.19 bits per heavy atom. The van der Waals surface area contributed by atoms with Crippen molar-refractivity contribution >= 4 is 23.3 Å². The van der Waals surface area contributed by atoms with E-state index in [1.807, 2.05) is 41.5 Å². The van der Waals surface area contributed by atoms with Gasteiger partial charge in [-0.25, -0.2) is 9.97 Å². The Balaban J connectivity index is 1.37. The topological polar surface area (TPSA) is 73.0 Å². The summed E-state index contributed by atoms with van der Waals surface area (Å²) in [5.41, 5.74) is 6.46. The largest absolute Gasteiger partial charge is 0.479 e. The van der Waals surface area contributed by atoms with E-state index in [1.165, 1.54) is 24.1 Å². The summed E-state index contributed by atoms with van der Waals surface area (Å²) < 4.78 is 9.52. The van der Waals surface area contributed by atoms with Crippen LogP contribution in [0.2, 0.25) is 0 Å². The first kappa shape index (κ1) is 20.0. The fraction of sp³-hybridized carbons (Fsp3) is 0.409. The molecule has 0 fully saturated rings. The van der Waals surface area contributed by atoms with Crippen LogP contribution >= 0.6 is 11.8 Å². The van der Waals surface area contributed by atoms with Gasteiger partial charge in [-0.1, -0.05) is 11.8 Å². The molecule has 0 aromatic carbocycles. The summed E-state index contributed by atoms with van der Waals surface area (Å²) in [5, 5.41) is 10.6. The Morgan fingerprint density at radius 2 is 2.03 bits per heavy atom. The number of hydrogen-bond donors (Lipinski definition) is 1. The van der Waals surface area contributed by atoms with Crippen molar-refractivity contribution in [2.24, 2.45) is 7.05 Å². The van der Waals surface area contributed by atoms with Crippen LogP contribution in [0, 0.1) is 6.92 Å². The molecular weight excluding hydrogens is 410 g/mol. The maximum absolute atomic E-state index is 5.60. The molecule has 0 bridgehead atoms. The number of ether oxygens (including phenoxy) is 1. The molecule has 0 saturated heterocycles. The lowest BCUT2D eigenvalue weighted by Crippen LogP contribution is -2.32. The molecule has 1 aliphatic carbocycles. The molecule has 0 spiro atoms. The van der Waals surface area contributed by atoms with Crippen LogP contribution in [0.4, 0.5) is 5.82 Å². The lowest BCUT2D eigenvalue weighted by Gasteiger charge is -2.26. The van der Waals surface area contributed by atoms with Gasteiger partial charge in [-0.3, -0.25) is 4.68 Å². The first-order valence-corrected chi connectivity index (χ1v) is 11.5. The summed E-state index contributed by atoms with van der Waals surface area (Å²) in [7, 11) is 5.77. The highest BCUT2D eigenvalue weighted by atomic mass is 32.2. The zero-order chi connectivity index (χ0) is 21.5. The monoisotopic (exact) mass is 437 g/mol. The Bertz CT molecular complexity index is 1150. The first-order chi connectivity index (χ1) is 15.0. The van der Waals surface area contributed by atoms with Crippen molar-refractivity contribution in [3.05, 3.63) is 52.7 Å². The number of fused-ring (bicyclic) bond motifs is 1. The van der Waals surface area contributed by atoms with E-state index < -0.39 is 0 Å². The van der Waals surface area contributed by atoms with Crippen LogP contribution in [0.3, 0.4) is 0 Å². The number of methoxy groups -OCH3 is 1. The molecule has 8 nitrogen and oxygen atoms in total. The third kappa shape index (κ3) is 3.56. The van der Waals surface area contributed by atoms with Crippen LogP contribution in [0.15, 0.2) is 30.1 Å². The number of aryl methyl sites for hydroxylation is 3. The molecule has 1 aliphatic heterocycles. The fourth-order valence-corrected chi connectivity index (χ4v) is 5.28. The van der Waals surface area contributed by atoms with Crippen molar-refractivity contribution in [2.45, 2.75) is 38.1 Å². The minimum Gasteiger partial charge on any atom is -0.479 e. The van der Waals surface area contributed by atoms with Crippen molar-refractivity contribution in [3.63, 3.8) is 0 Å². The molecule has 1 unspecified atom stereocenters. The van der Waals surface area contributed by atoms with E-state index in [9.17, 15) is 0 Å². The van der Waals surface area contributed by atoms with Crippen molar-refractivity contribution < 1.29 is 4.74 Å². The summed E-state index contributed by atoms with van der Waals surface area (Å²) >= 11 is 1.74. The molecule has 31 heavy (non-hydrogen) atoms. The second-order valence-corrected chi connectivity index (χ2v) is 8.95. The molecule has 4 heterocycles. The van der Waals surface area contributed by atoms with Crippen molar-refractivity contribution in [1.82, 2.24) is 29.2 Å². The second kappa shape index (κ2) is 7.96. The average molecular weight is 438 g/mol. The standard InChI is InChI=1S/C22H27N7OS/c1-14-11-29(13-23-14)18-10-9-17(24-21(18)30-4)19-12-31-22(27(19)2)25-20-15-7-5-6-8-16(15)26-28(20)3/h9-13,22,25H,5-8H2,1-4H3. The number of pyridine rings is 1. The van der Waals surface area contributed by atoms with E-state index in [0.29, 0.717) is 5.88 Å². The van der Waals surface area contributed by atoms with E-state index in [2.05, 4.69) is 27.7 Å². The molecule has 1 N–H and O–H groups in total. The van der Waals surface area contributed by atoms with E-state index in [0.717, 1.165) is 41.4 Å². The molecule has 1 atom stereocenters. The first-order valence-electron chi connectivity index (χ1n) is 10.5. The van der Waals surface area contributed by atoms with Crippen LogP contribution in [0.5, 0.6) is 5.88 Å². The van der Waals surface area contributed by atoms with Crippen LogP contribution in [-0.4, -0.2) is 48.9 Å². The maximum atomic E-state index is 5.60. The smallest absolute Gasteiger partial charge is 0.238 e. The summed E-state index contributed by atoms with van der Waals surface area (Å²) in [6.45, 7) is 1.97. The van der Waals surface area contributed by atoms with E-state index >= 15 is 0 Å². The lowest BCUT2D eigenvalue weighted by molar-refractivity contribution is 0.394. The summed E-state index contributed by atoms with van der Waals surface area (Å²) in [4.78, 5) is 11.3. The third-order valence-electron chi connectivity index (χ3n) is 5.91. The molecule has 9 heteroatoms. The Labute approximate surface area is 186 Å². The molecule has 162 valence electrons. The van der Waals surface area contributed by atoms with Gasteiger partial charge in [0.05, 0.1) is 36.2 Å². The molecule has 0 radical (unpaired) electrons. The van der Waals surface area contributed by atoms with Crippen molar-refractivity contribution in [3.8, 4) is 11.6 Å². The van der Waals surface area contributed by atoms with E-state index in [-0.39, 0.29) is 5.50 Å². The molecule has 0 amide bonds. The molecule has 0 saturated carbocycles. The Hall–Kier alpha value is -2.94. The van der Waals surface area contributed by atoms with Crippen molar-refractivity contribution in [2.75, 3.05) is 19.5 Å². The van der Waals surface area contributed by atoms with Crippen LogP contribution in [0.1, 0.15) is 35.5 Å². The number of anilines is 1. The minimum absolute atomic E-state index is 0.0835. The van der Waals surface area contributed by atoms with Gasteiger partial charge in [0.15, 0.2) is 5.50 Å². The molecular formula is C22H27N7OS. The maximum Gasteiger partial charge on any atom is 0.238 e. The third-order valence-corrected chi connectivity index (χ3v) is 6.96. The number of hydrogen-bond acceptors (Lipinski definition) is 7. The number of imidazole rings is 1. The quantitative estimate of drug-likeness (QED) is 0.654. The van der Waals surface area contributed by atoms with Gasteiger partial charge in [0, 0.05) is 31.3 Å².